The largest absolute Gasteiger partial charge is 0.481 e. The normalized spacial score (nSPS) is 23.7. The number of carbonyl (C=O) groups excluding carboxylic acids is 1. The summed E-state index contributed by atoms with van der Waals surface area (Å²) in [5.41, 5.74) is -0.825. The number of rotatable bonds is 3. The van der Waals surface area contributed by atoms with Crippen LogP contribution in [-0.4, -0.2) is 35.0 Å². The van der Waals surface area contributed by atoms with E-state index >= 15 is 0 Å². The molecule has 1 aliphatic heterocycles. The van der Waals surface area contributed by atoms with Crippen molar-refractivity contribution in [3.8, 4) is 0 Å². The SMILES string of the molecule is C[C@@]1(C(=O)O)CCN(C(=O)/C=C/c2ccco2)C1. The van der Waals surface area contributed by atoms with Crippen molar-refractivity contribution in [3.05, 3.63) is 30.2 Å². The van der Waals surface area contributed by atoms with Gasteiger partial charge in [0.2, 0.25) is 5.91 Å². The Morgan fingerprint density at radius 2 is 2.33 bits per heavy atom. The maximum Gasteiger partial charge on any atom is 0.311 e. The number of hydrogen-bond donors (Lipinski definition) is 1. The molecule has 0 radical (unpaired) electrons. The Kier molecular flexibility index (Phi) is 3.23. The lowest BCUT2D eigenvalue weighted by Crippen LogP contribution is -2.34. The van der Waals surface area contributed by atoms with Crippen molar-refractivity contribution in [3.63, 3.8) is 0 Å². The van der Waals surface area contributed by atoms with Crippen molar-refractivity contribution >= 4 is 18.0 Å². The molecule has 5 heteroatoms. The first-order valence-corrected chi connectivity index (χ1v) is 5.75. The second-order valence-corrected chi connectivity index (χ2v) is 4.72. The Hall–Kier alpha value is -2.04. The third-order valence-corrected chi connectivity index (χ3v) is 3.23. The molecule has 1 amide bonds. The number of likely N-dealkylation sites (tertiary alicyclic amines) is 1. The van der Waals surface area contributed by atoms with E-state index in [1.165, 1.54) is 12.3 Å². The van der Waals surface area contributed by atoms with Crippen LogP contribution in [0.2, 0.25) is 0 Å². The molecule has 0 spiro atoms. The lowest BCUT2D eigenvalue weighted by molar-refractivity contribution is -0.147. The summed E-state index contributed by atoms with van der Waals surface area (Å²) < 4.78 is 5.07. The average molecular weight is 249 g/mol. The molecule has 1 atom stereocenters. The maximum atomic E-state index is 11.9. The van der Waals surface area contributed by atoms with Gasteiger partial charge in [-0.15, -0.1) is 0 Å². The Balaban J connectivity index is 1.98. The third kappa shape index (κ3) is 2.45. The van der Waals surface area contributed by atoms with E-state index in [0.717, 1.165) is 0 Å². The van der Waals surface area contributed by atoms with E-state index in [0.29, 0.717) is 18.7 Å². The predicted molar refractivity (Wildman–Crippen MR) is 64.7 cm³/mol. The van der Waals surface area contributed by atoms with Crippen molar-refractivity contribution in [2.45, 2.75) is 13.3 Å². The zero-order valence-electron chi connectivity index (χ0n) is 10.1. The molecule has 0 aliphatic carbocycles. The van der Waals surface area contributed by atoms with Gasteiger partial charge in [-0.05, 0) is 31.6 Å². The van der Waals surface area contributed by atoms with Crippen LogP contribution in [0, 0.1) is 5.41 Å². The fraction of sp³-hybridized carbons (Fsp3) is 0.385. The first-order chi connectivity index (χ1) is 8.51. The van der Waals surface area contributed by atoms with Gasteiger partial charge in [0.25, 0.3) is 0 Å². The van der Waals surface area contributed by atoms with E-state index in [1.54, 1.807) is 30.0 Å². The van der Waals surface area contributed by atoms with Crippen LogP contribution in [0.25, 0.3) is 6.08 Å². The summed E-state index contributed by atoms with van der Waals surface area (Å²) in [4.78, 5) is 24.5. The van der Waals surface area contributed by atoms with Crippen molar-refractivity contribution in [2.75, 3.05) is 13.1 Å². The molecule has 1 aromatic heterocycles. The summed E-state index contributed by atoms with van der Waals surface area (Å²) in [6, 6.07) is 3.48. The molecular weight excluding hydrogens is 234 g/mol. The number of carboxylic acids is 1. The van der Waals surface area contributed by atoms with Gasteiger partial charge >= 0.3 is 5.97 Å². The van der Waals surface area contributed by atoms with Gasteiger partial charge in [0.1, 0.15) is 5.76 Å². The van der Waals surface area contributed by atoms with Gasteiger partial charge in [0.05, 0.1) is 11.7 Å². The van der Waals surface area contributed by atoms with Crippen LogP contribution in [-0.2, 0) is 9.59 Å². The zero-order chi connectivity index (χ0) is 13.2. The van der Waals surface area contributed by atoms with Gasteiger partial charge < -0.3 is 14.4 Å². The highest BCUT2D eigenvalue weighted by Crippen LogP contribution is 2.30. The highest BCUT2D eigenvalue weighted by molar-refractivity contribution is 5.92. The first-order valence-electron chi connectivity index (χ1n) is 5.75. The molecule has 1 aliphatic rings. The fourth-order valence-electron chi connectivity index (χ4n) is 1.97. The molecule has 5 nitrogen and oxygen atoms in total. The average Bonchev–Trinajstić information content (AvgIpc) is 2.95. The smallest absolute Gasteiger partial charge is 0.311 e. The molecule has 0 unspecified atom stereocenters. The number of amides is 1. The van der Waals surface area contributed by atoms with E-state index in [9.17, 15) is 9.59 Å². The number of aliphatic carboxylic acids is 1. The van der Waals surface area contributed by atoms with Crippen LogP contribution < -0.4 is 0 Å². The third-order valence-electron chi connectivity index (χ3n) is 3.23. The molecule has 18 heavy (non-hydrogen) atoms. The van der Waals surface area contributed by atoms with E-state index < -0.39 is 11.4 Å². The molecule has 0 saturated carbocycles. The van der Waals surface area contributed by atoms with Gasteiger partial charge in [-0.25, -0.2) is 0 Å². The zero-order valence-corrected chi connectivity index (χ0v) is 10.1. The highest BCUT2D eigenvalue weighted by atomic mass is 16.4. The van der Waals surface area contributed by atoms with Gasteiger partial charge in [0, 0.05) is 19.2 Å². The Morgan fingerprint density at radius 3 is 2.89 bits per heavy atom. The summed E-state index contributed by atoms with van der Waals surface area (Å²) in [6.07, 6.45) is 5.01. The van der Waals surface area contributed by atoms with E-state index in [2.05, 4.69) is 0 Å². The van der Waals surface area contributed by atoms with Gasteiger partial charge in [-0.3, -0.25) is 9.59 Å². The van der Waals surface area contributed by atoms with Crippen molar-refractivity contribution < 1.29 is 19.1 Å². The molecule has 0 aromatic carbocycles. The number of carbonyl (C=O) groups is 2. The molecule has 1 N–H and O–H groups in total. The van der Waals surface area contributed by atoms with Crippen LogP contribution in [0.4, 0.5) is 0 Å². The van der Waals surface area contributed by atoms with Crippen LogP contribution in [0.5, 0.6) is 0 Å². The maximum absolute atomic E-state index is 11.9. The van der Waals surface area contributed by atoms with E-state index in [4.69, 9.17) is 9.52 Å². The first kappa shape index (κ1) is 12.4. The van der Waals surface area contributed by atoms with Crippen molar-refractivity contribution in [2.24, 2.45) is 5.41 Å². The predicted octanol–water partition coefficient (Wildman–Crippen LogP) is 1.62. The highest BCUT2D eigenvalue weighted by Gasteiger charge is 2.41. The summed E-state index contributed by atoms with van der Waals surface area (Å²) in [7, 11) is 0. The second kappa shape index (κ2) is 4.68. The minimum absolute atomic E-state index is 0.184. The minimum Gasteiger partial charge on any atom is -0.481 e. The number of furan rings is 1. The molecule has 0 bridgehead atoms. The standard InChI is InChI=1S/C13H15NO4/c1-13(12(16)17)6-7-14(9-13)11(15)5-4-10-3-2-8-18-10/h2-5,8H,6-7,9H2,1H3,(H,16,17)/b5-4+/t13-/m1/s1. The van der Waals surface area contributed by atoms with E-state index in [1.807, 2.05) is 0 Å². The molecule has 2 heterocycles. The number of nitrogens with zero attached hydrogens (tertiary/aromatic N) is 1. The number of hydrogen-bond acceptors (Lipinski definition) is 3. The molecule has 2 rings (SSSR count). The van der Waals surface area contributed by atoms with Gasteiger partial charge in [0.15, 0.2) is 0 Å². The lowest BCUT2D eigenvalue weighted by atomic mass is 9.90. The second-order valence-electron chi connectivity index (χ2n) is 4.72. The molecular formula is C13H15NO4. The number of carboxylic acid groups (broad SMARTS) is 1. The Morgan fingerprint density at radius 1 is 1.56 bits per heavy atom. The lowest BCUT2D eigenvalue weighted by Gasteiger charge is -2.18. The quantitative estimate of drug-likeness (QED) is 0.826. The van der Waals surface area contributed by atoms with Crippen molar-refractivity contribution in [1.29, 1.82) is 0 Å². The van der Waals surface area contributed by atoms with Crippen LogP contribution in [0.3, 0.4) is 0 Å². The summed E-state index contributed by atoms with van der Waals surface area (Å²) in [6.45, 7) is 2.40. The van der Waals surface area contributed by atoms with Crippen LogP contribution in [0.15, 0.2) is 28.9 Å². The summed E-state index contributed by atoms with van der Waals surface area (Å²) in [5.74, 6) is -0.437. The topological polar surface area (TPSA) is 70.8 Å². The Bertz CT molecular complexity index is 477. The minimum atomic E-state index is -0.854. The molecule has 96 valence electrons. The summed E-state index contributed by atoms with van der Waals surface area (Å²) >= 11 is 0. The van der Waals surface area contributed by atoms with E-state index in [-0.39, 0.29) is 12.5 Å². The molecule has 1 saturated heterocycles. The fourth-order valence-corrected chi connectivity index (χ4v) is 1.97. The van der Waals surface area contributed by atoms with Gasteiger partial charge in [-0.2, -0.15) is 0 Å². The van der Waals surface area contributed by atoms with Crippen molar-refractivity contribution in [1.82, 2.24) is 4.90 Å². The Labute approximate surface area is 105 Å². The monoisotopic (exact) mass is 249 g/mol. The molecule has 1 aromatic rings. The van der Waals surface area contributed by atoms with Crippen LogP contribution in [0.1, 0.15) is 19.1 Å². The molecule has 1 fully saturated rings. The summed E-state index contributed by atoms with van der Waals surface area (Å²) in [5, 5.41) is 9.08. The van der Waals surface area contributed by atoms with Crippen LogP contribution >= 0.6 is 0 Å². The van der Waals surface area contributed by atoms with Gasteiger partial charge in [-0.1, -0.05) is 0 Å².